The van der Waals surface area contributed by atoms with E-state index in [0.717, 1.165) is 44.9 Å². The molecule has 0 heterocycles. The van der Waals surface area contributed by atoms with Gasteiger partial charge in [0, 0.05) is 5.41 Å². The summed E-state index contributed by atoms with van der Waals surface area (Å²) >= 11 is 0. The van der Waals surface area contributed by atoms with Crippen LogP contribution in [0.25, 0.3) is 0 Å². The Balaban J connectivity index is 1.69. The number of terminal acetylenes is 1. The third-order valence-corrected chi connectivity index (χ3v) is 8.47. The zero-order valence-corrected chi connectivity index (χ0v) is 14.5. The predicted octanol–water partition coefficient (Wildman–Crippen LogP) is 3.67. The molecule has 0 unspecified atom stereocenters. The minimum Gasteiger partial charge on any atom is -0.393 e. The SMILES string of the molecule is C#C[C@@]1(O)CC[C@@H]2[C@@H]3CC=C4C[C@H](O)CC[C@@]4(C)[C@H]3CC[C@]21C. The van der Waals surface area contributed by atoms with Crippen LogP contribution in [0.5, 0.6) is 0 Å². The summed E-state index contributed by atoms with van der Waals surface area (Å²) in [4.78, 5) is 0. The van der Waals surface area contributed by atoms with Crippen molar-refractivity contribution in [3.05, 3.63) is 11.6 Å². The second-order valence-electron chi connectivity index (χ2n) is 9.16. The van der Waals surface area contributed by atoms with E-state index in [0.29, 0.717) is 17.8 Å². The predicted molar refractivity (Wildman–Crippen MR) is 91.5 cm³/mol. The first-order valence-corrected chi connectivity index (χ1v) is 9.42. The molecule has 3 saturated carbocycles. The first-order chi connectivity index (χ1) is 10.8. The number of hydrogen-bond acceptors (Lipinski definition) is 2. The smallest absolute Gasteiger partial charge is 0.130 e. The van der Waals surface area contributed by atoms with Crippen LogP contribution in [-0.2, 0) is 0 Å². The molecule has 0 amide bonds. The van der Waals surface area contributed by atoms with Crippen LogP contribution in [0, 0.1) is 40.9 Å². The lowest BCUT2D eigenvalue weighted by atomic mass is 9.47. The van der Waals surface area contributed by atoms with Gasteiger partial charge in [-0.15, -0.1) is 6.42 Å². The fraction of sp³-hybridized carbons (Fsp3) is 0.810. The van der Waals surface area contributed by atoms with E-state index in [-0.39, 0.29) is 16.9 Å². The highest BCUT2D eigenvalue weighted by Gasteiger charge is 2.63. The molecule has 4 aliphatic rings. The van der Waals surface area contributed by atoms with Gasteiger partial charge in [-0.05, 0) is 74.5 Å². The van der Waals surface area contributed by atoms with E-state index in [9.17, 15) is 10.2 Å². The summed E-state index contributed by atoms with van der Waals surface area (Å²) in [6.07, 6.45) is 16.1. The molecule has 0 saturated heterocycles. The fourth-order valence-electron chi connectivity index (χ4n) is 6.89. The standard InChI is InChI=1S/C21H30O2/c1-4-21(23)12-9-18-16-6-5-14-13-15(22)7-10-19(14,2)17(16)8-11-20(18,21)3/h1,5,15-18,22-23H,6-13H2,2-3H3/t15-,16-,17+,18-,19-,20-,21-/m1/s1. The van der Waals surface area contributed by atoms with Gasteiger partial charge in [0.2, 0.25) is 0 Å². The first kappa shape index (κ1) is 15.7. The highest BCUT2D eigenvalue weighted by molar-refractivity contribution is 5.28. The molecule has 4 rings (SSSR count). The van der Waals surface area contributed by atoms with Crippen molar-refractivity contribution in [2.75, 3.05) is 0 Å². The fourth-order valence-corrected chi connectivity index (χ4v) is 6.89. The Bertz CT molecular complexity index is 587. The van der Waals surface area contributed by atoms with Crippen molar-refractivity contribution >= 4 is 0 Å². The number of allylic oxidation sites excluding steroid dienone is 1. The van der Waals surface area contributed by atoms with Crippen LogP contribution in [0.2, 0.25) is 0 Å². The molecule has 23 heavy (non-hydrogen) atoms. The lowest BCUT2D eigenvalue weighted by molar-refractivity contribution is -0.0969. The van der Waals surface area contributed by atoms with Gasteiger partial charge in [0.05, 0.1) is 6.10 Å². The highest BCUT2D eigenvalue weighted by Crippen LogP contribution is 2.66. The molecule has 4 aliphatic carbocycles. The van der Waals surface area contributed by atoms with Crippen LogP contribution in [0.15, 0.2) is 11.6 Å². The Labute approximate surface area is 140 Å². The van der Waals surface area contributed by atoms with E-state index in [2.05, 4.69) is 25.8 Å². The number of rotatable bonds is 0. The molecule has 2 N–H and O–H groups in total. The van der Waals surface area contributed by atoms with Gasteiger partial charge in [-0.3, -0.25) is 0 Å². The van der Waals surface area contributed by atoms with Crippen LogP contribution >= 0.6 is 0 Å². The molecule has 0 aromatic rings. The van der Waals surface area contributed by atoms with Crippen molar-refractivity contribution in [1.29, 1.82) is 0 Å². The molecule has 0 spiro atoms. The number of fused-ring (bicyclic) bond motifs is 5. The molecule has 126 valence electrons. The molecule has 0 aromatic heterocycles. The van der Waals surface area contributed by atoms with E-state index in [1.165, 1.54) is 12.0 Å². The average molecular weight is 314 g/mol. The zero-order chi connectivity index (χ0) is 16.5. The summed E-state index contributed by atoms with van der Waals surface area (Å²) in [5.74, 6) is 4.65. The quantitative estimate of drug-likeness (QED) is 0.529. The Hall–Kier alpha value is -0.780. The first-order valence-electron chi connectivity index (χ1n) is 9.42. The van der Waals surface area contributed by atoms with Crippen LogP contribution in [0.3, 0.4) is 0 Å². The Kier molecular flexibility index (Phi) is 3.33. The van der Waals surface area contributed by atoms with Crippen LogP contribution in [-0.4, -0.2) is 21.9 Å². The van der Waals surface area contributed by atoms with E-state index in [1.807, 2.05) is 0 Å². The molecule has 0 radical (unpaired) electrons. The molecule has 0 bridgehead atoms. The number of aliphatic hydroxyl groups excluding tert-OH is 1. The molecule has 7 atom stereocenters. The van der Waals surface area contributed by atoms with E-state index < -0.39 is 5.60 Å². The Morgan fingerprint density at radius 2 is 1.87 bits per heavy atom. The van der Waals surface area contributed by atoms with Crippen LogP contribution in [0.4, 0.5) is 0 Å². The van der Waals surface area contributed by atoms with Gasteiger partial charge in [-0.2, -0.15) is 0 Å². The third-order valence-electron chi connectivity index (χ3n) is 8.47. The lowest BCUT2D eigenvalue weighted by Gasteiger charge is -2.58. The van der Waals surface area contributed by atoms with Crippen LogP contribution < -0.4 is 0 Å². The maximum absolute atomic E-state index is 11.0. The molecular weight excluding hydrogens is 284 g/mol. The van der Waals surface area contributed by atoms with Gasteiger partial charge in [-0.1, -0.05) is 31.4 Å². The Morgan fingerprint density at radius 3 is 2.61 bits per heavy atom. The second-order valence-corrected chi connectivity index (χ2v) is 9.16. The molecular formula is C21H30O2. The second kappa shape index (κ2) is 4.87. The zero-order valence-electron chi connectivity index (χ0n) is 14.5. The van der Waals surface area contributed by atoms with Crippen molar-refractivity contribution in [2.24, 2.45) is 28.6 Å². The summed E-state index contributed by atoms with van der Waals surface area (Å²) in [5, 5.41) is 21.0. The van der Waals surface area contributed by atoms with Gasteiger partial charge in [-0.25, -0.2) is 0 Å². The van der Waals surface area contributed by atoms with Crippen molar-refractivity contribution in [1.82, 2.24) is 0 Å². The van der Waals surface area contributed by atoms with Gasteiger partial charge >= 0.3 is 0 Å². The Morgan fingerprint density at radius 1 is 1.13 bits per heavy atom. The average Bonchev–Trinajstić information content (AvgIpc) is 2.80. The summed E-state index contributed by atoms with van der Waals surface area (Å²) in [7, 11) is 0. The minimum atomic E-state index is -0.906. The lowest BCUT2D eigenvalue weighted by Crippen LogP contribution is -2.54. The van der Waals surface area contributed by atoms with E-state index in [1.54, 1.807) is 0 Å². The van der Waals surface area contributed by atoms with E-state index >= 15 is 0 Å². The molecule has 0 aliphatic heterocycles. The third kappa shape index (κ3) is 1.90. The van der Waals surface area contributed by atoms with Crippen LogP contribution in [0.1, 0.15) is 65.2 Å². The van der Waals surface area contributed by atoms with Crippen molar-refractivity contribution in [3.8, 4) is 12.3 Å². The summed E-state index contributed by atoms with van der Waals surface area (Å²) in [6.45, 7) is 4.68. The van der Waals surface area contributed by atoms with Crippen molar-refractivity contribution in [3.63, 3.8) is 0 Å². The monoisotopic (exact) mass is 314 g/mol. The topological polar surface area (TPSA) is 40.5 Å². The van der Waals surface area contributed by atoms with Crippen molar-refractivity contribution < 1.29 is 10.2 Å². The molecule has 3 fully saturated rings. The summed E-state index contributed by atoms with van der Waals surface area (Å²) < 4.78 is 0. The van der Waals surface area contributed by atoms with Gasteiger partial charge in [0.1, 0.15) is 5.60 Å². The van der Waals surface area contributed by atoms with E-state index in [4.69, 9.17) is 6.42 Å². The summed E-state index contributed by atoms with van der Waals surface area (Å²) in [6, 6.07) is 0. The highest BCUT2D eigenvalue weighted by atomic mass is 16.3. The minimum absolute atomic E-state index is 0.112. The summed E-state index contributed by atoms with van der Waals surface area (Å²) in [5.41, 5.74) is 0.751. The molecule has 2 heteroatoms. The molecule has 0 aromatic carbocycles. The number of hydrogen-bond donors (Lipinski definition) is 2. The van der Waals surface area contributed by atoms with Crippen molar-refractivity contribution in [2.45, 2.75) is 76.9 Å². The number of aliphatic hydroxyl groups is 2. The van der Waals surface area contributed by atoms with Gasteiger partial charge < -0.3 is 10.2 Å². The van der Waals surface area contributed by atoms with Gasteiger partial charge in [0.25, 0.3) is 0 Å². The maximum Gasteiger partial charge on any atom is 0.130 e. The van der Waals surface area contributed by atoms with Gasteiger partial charge in [0.15, 0.2) is 0 Å². The largest absolute Gasteiger partial charge is 0.393 e. The normalized spacial score (nSPS) is 55.2. The molecule has 2 nitrogen and oxygen atoms in total. The maximum atomic E-state index is 11.0.